The molecule has 0 unspecified atom stereocenters. The topological polar surface area (TPSA) is 14.2 Å². The number of para-hydroxylation sites is 3. The molecule has 0 atom stereocenters. The first-order valence-electron chi connectivity index (χ1n) is 16.9. The Morgan fingerprint density at radius 1 is 0.408 bits per heavy atom. The molecule has 1 aliphatic heterocycles. The van der Waals surface area contributed by atoms with Crippen LogP contribution < -0.4 is 4.74 Å². The van der Waals surface area contributed by atoms with Crippen molar-refractivity contribution in [1.82, 2.24) is 4.57 Å². The predicted octanol–water partition coefficient (Wildman–Crippen LogP) is 12.1. The average Bonchev–Trinajstić information content (AvgIpc) is 3.52. The lowest BCUT2D eigenvalue weighted by Crippen LogP contribution is -2.34. The summed E-state index contributed by atoms with van der Waals surface area (Å²) in [6, 6.07) is 67.8. The third kappa shape index (κ3) is 4.01. The van der Waals surface area contributed by atoms with Crippen LogP contribution in [0.5, 0.6) is 11.5 Å². The first kappa shape index (κ1) is 27.7. The van der Waals surface area contributed by atoms with Crippen LogP contribution in [0.4, 0.5) is 0 Å². The number of ether oxygens (including phenoxy) is 1. The van der Waals surface area contributed by atoms with E-state index in [9.17, 15) is 0 Å². The van der Waals surface area contributed by atoms with Crippen LogP contribution in [0.2, 0.25) is 0 Å². The molecule has 1 aromatic heterocycles. The molecule has 0 saturated heterocycles. The van der Waals surface area contributed by atoms with Crippen LogP contribution in [0.15, 0.2) is 188 Å². The second-order valence-corrected chi connectivity index (χ2v) is 12.8. The molecule has 0 fully saturated rings. The average molecular weight is 626 g/mol. The fraction of sp³-hybridized carbons (Fsp3) is 0.0213. The third-order valence-corrected chi connectivity index (χ3v) is 10.3. The van der Waals surface area contributed by atoms with Gasteiger partial charge in [-0.3, -0.25) is 0 Å². The van der Waals surface area contributed by atoms with E-state index >= 15 is 0 Å². The molecule has 0 spiro atoms. The van der Waals surface area contributed by atoms with Crippen LogP contribution in [-0.4, -0.2) is 4.57 Å². The Hall–Kier alpha value is -6.38. The van der Waals surface area contributed by atoms with Crippen molar-refractivity contribution >= 4 is 32.6 Å². The van der Waals surface area contributed by atoms with Crippen LogP contribution in [0.1, 0.15) is 22.3 Å². The standard InChI is InChI=1S/C47H31NO/c1-4-15-33(16-5-1)47(34-17-6-2-7-18-34)41-24-11-13-26-44(41)49-45-30-27-32(31-42(45)47)36-22-14-23-39-37(36)28-29-40-38-21-10-12-25-43(38)48(46(39)40)35-19-8-3-9-20-35/h1-31H. The summed E-state index contributed by atoms with van der Waals surface area (Å²) >= 11 is 0. The van der Waals surface area contributed by atoms with E-state index in [0.29, 0.717) is 0 Å². The first-order chi connectivity index (χ1) is 24.3. The summed E-state index contributed by atoms with van der Waals surface area (Å²) in [7, 11) is 0. The summed E-state index contributed by atoms with van der Waals surface area (Å²) in [4.78, 5) is 0. The molecule has 9 aromatic rings. The van der Waals surface area contributed by atoms with E-state index in [0.717, 1.165) is 33.9 Å². The number of nitrogens with zero attached hydrogens (tertiary/aromatic N) is 1. The van der Waals surface area contributed by atoms with Gasteiger partial charge in [-0.05, 0) is 64.0 Å². The molecule has 0 N–H and O–H groups in total. The van der Waals surface area contributed by atoms with Crippen molar-refractivity contribution in [2.24, 2.45) is 0 Å². The van der Waals surface area contributed by atoms with Gasteiger partial charge in [-0.15, -0.1) is 0 Å². The summed E-state index contributed by atoms with van der Waals surface area (Å²) < 4.78 is 9.13. The SMILES string of the molecule is c1ccc(-n2c3ccccc3c3ccc4c(-c5ccc6c(c5)C(c5ccccc5)(c5ccccc5)c5ccccc5O6)cccc4c32)cc1. The van der Waals surface area contributed by atoms with E-state index in [-0.39, 0.29) is 0 Å². The normalized spacial score (nSPS) is 13.2. The van der Waals surface area contributed by atoms with Crippen molar-refractivity contribution in [3.63, 3.8) is 0 Å². The van der Waals surface area contributed by atoms with Gasteiger partial charge >= 0.3 is 0 Å². The molecule has 0 bridgehead atoms. The Kier molecular flexibility index (Phi) is 6.13. The number of benzene rings is 8. The molecule has 2 nitrogen and oxygen atoms in total. The third-order valence-electron chi connectivity index (χ3n) is 10.3. The van der Waals surface area contributed by atoms with Gasteiger partial charge in [0.15, 0.2) is 0 Å². The zero-order valence-electron chi connectivity index (χ0n) is 26.8. The fourth-order valence-corrected chi connectivity index (χ4v) is 8.29. The Morgan fingerprint density at radius 2 is 1.00 bits per heavy atom. The van der Waals surface area contributed by atoms with Gasteiger partial charge in [-0.25, -0.2) is 0 Å². The Balaban J connectivity index is 1.27. The van der Waals surface area contributed by atoms with Crippen LogP contribution in [-0.2, 0) is 5.41 Å². The van der Waals surface area contributed by atoms with Gasteiger partial charge in [0.1, 0.15) is 11.5 Å². The lowest BCUT2D eigenvalue weighted by atomic mass is 9.63. The zero-order valence-corrected chi connectivity index (χ0v) is 26.8. The smallest absolute Gasteiger partial charge is 0.132 e. The Bertz CT molecular complexity index is 2630. The summed E-state index contributed by atoms with van der Waals surface area (Å²) in [5.41, 5.74) is 10.1. The van der Waals surface area contributed by atoms with Crippen LogP contribution >= 0.6 is 0 Å². The van der Waals surface area contributed by atoms with E-state index in [1.165, 1.54) is 49.3 Å². The second-order valence-electron chi connectivity index (χ2n) is 12.8. The zero-order chi connectivity index (χ0) is 32.4. The number of rotatable bonds is 4. The Labute approximate surface area is 285 Å². The highest BCUT2D eigenvalue weighted by molar-refractivity contribution is 6.20. The molecule has 0 radical (unpaired) electrons. The molecular formula is C47H31NO. The first-order valence-corrected chi connectivity index (χ1v) is 16.9. The van der Waals surface area contributed by atoms with Gasteiger partial charge in [-0.1, -0.05) is 152 Å². The van der Waals surface area contributed by atoms with E-state index in [1.54, 1.807) is 0 Å². The molecule has 1 aliphatic rings. The van der Waals surface area contributed by atoms with Gasteiger partial charge in [0.05, 0.1) is 16.4 Å². The highest BCUT2D eigenvalue weighted by Gasteiger charge is 2.45. The van der Waals surface area contributed by atoms with Gasteiger partial charge < -0.3 is 9.30 Å². The minimum absolute atomic E-state index is 0.569. The number of aromatic nitrogens is 1. The lowest BCUT2D eigenvalue weighted by molar-refractivity contribution is 0.434. The summed E-state index contributed by atoms with van der Waals surface area (Å²) in [6.45, 7) is 0. The van der Waals surface area contributed by atoms with E-state index in [1.807, 2.05) is 0 Å². The molecule has 0 aliphatic carbocycles. The molecule has 0 amide bonds. The van der Waals surface area contributed by atoms with Crippen LogP contribution in [0, 0.1) is 0 Å². The van der Waals surface area contributed by atoms with Crippen LogP contribution in [0.25, 0.3) is 49.4 Å². The summed E-state index contributed by atoms with van der Waals surface area (Å²) in [6.07, 6.45) is 0. The maximum absolute atomic E-state index is 6.71. The van der Waals surface area contributed by atoms with E-state index in [4.69, 9.17) is 4.74 Å². The van der Waals surface area contributed by atoms with Gasteiger partial charge in [0.2, 0.25) is 0 Å². The fourth-order valence-electron chi connectivity index (χ4n) is 8.29. The highest BCUT2D eigenvalue weighted by Crippen LogP contribution is 2.56. The number of fused-ring (bicyclic) bond motifs is 7. The molecule has 230 valence electrons. The van der Waals surface area contributed by atoms with Crippen molar-refractivity contribution in [1.29, 1.82) is 0 Å². The van der Waals surface area contributed by atoms with Crippen LogP contribution in [0.3, 0.4) is 0 Å². The molecule has 49 heavy (non-hydrogen) atoms. The molecule has 8 aromatic carbocycles. The second kappa shape index (κ2) is 10.8. The maximum atomic E-state index is 6.71. The van der Waals surface area contributed by atoms with Gasteiger partial charge in [0.25, 0.3) is 0 Å². The van der Waals surface area contributed by atoms with Crippen molar-refractivity contribution in [3.8, 4) is 28.3 Å². The highest BCUT2D eigenvalue weighted by atomic mass is 16.5. The summed E-state index contributed by atoms with van der Waals surface area (Å²) in [5, 5.41) is 4.96. The molecule has 2 heterocycles. The van der Waals surface area contributed by atoms with Crippen molar-refractivity contribution < 1.29 is 4.74 Å². The minimum atomic E-state index is -0.569. The quantitative estimate of drug-likeness (QED) is 0.190. The van der Waals surface area contributed by atoms with Gasteiger partial charge in [0, 0.05) is 33.0 Å². The number of hydrogen-bond acceptors (Lipinski definition) is 1. The largest absolute Gasteiger partial charge is 0.457 e. The minimum Gasteiger partial charge on any atom is -0.457 e. The van der Waals surface area contributed by atoms with Crippen molar-refractivity contribution in [3.05, 3.63) is 210 Å². The molecule has 0 saturated carbocycles. The Morgan fingerprint density at radius 3 is 1.78 bits per heavy atom. The van der Waals surface area contributed by atoms with E-state index in [2.05, 4.69) is 193 Å². The maximum Gasteiger partial charge on any atom is 0.132 e. The van der Waals surface area contributed by atoms with Gasteiger partial charge in [-0.2, -0.15) is 0 Å². The molecule has 2 heteroatoms. The van der Waals surface area contributed by atoms with E-state index < -0.39 is 5.41 Å². The lowest BCUT2D eigenvalue weighted by Gasteiger charge is -2.41. The van der Waals surface area contributed by atoms with Crippen molar-refractivity contribution in [2.45, 2.75) is 5.41 Å². The monoisotopic (exact) mass is 625 g/mol. The number of hydrogen-bond donors (Lipinski definition) is 0. The predicted molar refractivity (Wildman–Crippen MR) is 202 cm³/mol. The molecular weight excluding hydrogens is 595 g/mol. The summed E-state index contributed by atoms with van der Waals surface area (Å²) in [5.74, 6) is 1.76. The molecule has 10 rings (SSSR count). The van der Waals surface area contributed by atoms with Crippen molar-refractivity contribution in [2.75, 3.05) is 0 Å².